The molecule has 0 unspecified atom stereocenters. The highest BCUT2D eigenvalue weighted by atomic mass is 16.5. The first kappa shape index (κ1) is 15.7. The van der Waals surface area contributed by atoms with Gasteiger partial charge in [-0.15, -0.1) is 0 Å². The number of nitrogens with one attached hydrogen (secondary N) is 2. The molecule has 100 valence electrons. The van der Waals surface area contributed by atoms with Gasteiger partial charge in [-0.1, -0.05) is 27.7 Å². The van der Waals surface area contributed by atoms with Gasteiger partial charge in [-0.3, -0.25) is 0 Å². The van der Waals surface area contributed by atoms with Crippen LogP contribution < -0.4 is 10.6 Å². The number of hydrogen-bond acceptors (Lipinski definition) is 3. The summed E-state index contributed by atoms with van der Waals surface area (Å²) in [5.74, 6) is 0.283. The molecule has 0 aliphatic rings. The van der Waals surface area contributed by atoms with Crippen LogP contribution in [0.1, 0.15) is 34.1 Å². The van der Waals surface area contributed by atoms with Crippen molar-refractivity contribution < 1.29 is 14.3 Å². The van der Waals surface area contributed by atoms with E-state index in [1.807, 2.05) is 27.7 Å². The molecule has 1 atom stereocenters. The summed E-state index contributed by atoms with van der Waals surface area (Å²) in [5, 5.41) is 5.34. The van der Waals surface area contributed by atoms with Crippen LogP contribution in [0.3, 0.4) is 0 Å². The van der Waals surface area contributed by atoms with Gasteiger partial charge in [-0.2, -0.15) is 0 Å². The van der Waals surface area contributed by atoms with E-state index in [-0.39, 0.29) is 6.03 Å². The molecule has 0 saturated carbocycles. The number of rotatable bonds is 6. The summed E-state index contributed by atoms with van der Waals surface area (Å²) in [4.78, 5) is 23.0. The SMILES string of the molecule is COC(=O)[C@H](CC(C)C)NC(=O)NCC(C)C. The van der Waals surface area contributed by atoms with Gasteiger partial charge in [0.25, 0.3) is 0 Å². The highest BCUT2D eigenvalue weighted by Crippen LogP contribution is 2.06. The number of carbonyl (C=O) groups is 2. The maximum atomic E-state index is 11.5. The smallest absolute Gasteiger partial charge is 0.328 e. The minimum atomic E-state index is -0.577. The maximum absolute atomic E-state index is 11.5. The van der Waals surface area contributed by atoms with E-state index >= 15 is 0 Å². The zero-order valence-corrected chi connectivity index (χ0v) is 11.4. The van der Waals surface area contributed by atoms with Crippen LogP contribution >= 0.6 is 0 Å². The second-order valence-corrected chi connectivity index (χ2v) is 4.95. The van der Waals surface area contributed by atoms with Crippen LogP contribution in [0.15, 0.2) is 0 Å². The van der Waals surface area contributed by atoms with E-state index in [1.54, 1.807) is 0 Å². The lowest BCUT2D eigenvalue weighted by Gasteiger charge is -2.19. The Morgan fingerprint density at radius 1 is 1.12 bits per heavy atom. The Bertz CT molecular complexity index is 252. The average Bonchev–Trinajstić information content (AvgIpc) is 2.23. The molecule has 0 aromatic carbocycles. The topological polar surface area (TPSA) is 67.4 Å². The molecule has 2 N–H and O–H groups in total. The fourth-order valence-corrected chi connectivity index (χ4v) is 1.33. The molecule has 17 heavy (non-hydrogen) atoms. The van der Waals surface area contributed by atoms with Crippen LogP contribution in [0.4, 0.5) is 4.79 Å². The van der Waals surface area contributed by atoms with E-state index in [0.29, 0.717) is 24.8 Å². The number of ether oxygens (including phenoxy) is 1. The van der Waals surface area contributed by atoms with Crippen LogP contribution in [-0.2, 0) is 9.53 Å². The van der Waals surface area contributed by atoms with Gasteiger partial charge in [0, 0.05) is 6.54 Å². The second kappa shape index (κ2) is 7.92. The van der Waals surface area contributed by atoms with Crippen LogP contribution in [0.5, 0.6) is 0 Å². The van der Waals surface area contributed by atoms with Gasteiger partial charge in [0.1, 0.15) is 6.04 Å². The zero-order valence-electron chi connectivity index (χ0n) is 11.4. The number of carbonyl (C=O) groups excluding carboxylic acids is 2. The Labute approximate surface area is 103 Å². The predicted molar refractivity (Wildman–Crippen MR) is 66.6 cm³/mol. The number of esters is 1. The van der Waals surface area contributed by atoms with Crippen molar-refractivity contribution >= 4 is 12.0 Å². The summed E-state index contributed by atoms with van der Waals surface area (Å²) in [6, 6.07) is -0.901. The first-order valence-corrected chi connectivity index (χ1v) is 5.99. The summed E-state index contributed by atoms with van der Waals surface area (Å²) in [6.07, 6.45) is 0.571. The molecule has 0 aliphatic carbocycles. The standard InChI is InChI=1S/C12H24N2O3/c1-8(2)6-10(11(15)17-5)14-12(16)13-7-9(3)4/h8-10H,6-7H2,1-5H3,(H2,13,14,16)/t10-/m0/s1. The molecule has 0 fully saturated rings. The summed E-state index contributed by atoms with van der Waals surface area (Å²) < 4.78 is 4.66. The number of hydrogen-bond donors (Lipinski definition) is 2. The van der Waals surface area contributed by atoms with Crippen molar-refractivity contribution in [3.05, 3.63) is 0 Å². The third kappa shape index (κ3) is 7.60. The molecule has 5 nitrogen and oxygen atoms in total. The van der Waals surface area contributed by atoms with Crippen molar-refractivity contribution in [1.29, 1.82) is 0 Å². The minimum absolute atomic E-state index is 0.310. The van der Waals surface area contributed by atoms with Gasteiger partial charge in [0.15, 0.2) is 0 Å². The number of methoxy groups -OCH3 is 1. The van der Waals surface area contributed by atoms with Crippen LogP contribution in [0, 0.1) is 11.8 Å². The molecule has 0 aromatic rings. The third-order valence-corrected chi connectivity index (χ3v) is 2.17. The Kier molecular flexibility index (Phi) is 7.34. The molecule has 2 amide bonds. The van der Waals surface area contributed by atoms with E-state index in [9.17, 15) is 9.59 Å². The van der Waals surface area contributed by atoms with Crippen LogP contribution in [0.25, 0.3) is 0 Å². The second-order valence-electron chi connectivity index (χ2n) is 4.95. The molecule has 0 spiro atoms. The molecule has 5 heteroatoms. The lowest BCUT2D eigenvalue weighted by atomic mass is 10.0. The summed E-state index contributed by atoms with van der Waals surface area (Å²) in [6.45, 7) is 8.58. The largest absolute Gasteiger partial charge is 0.467 e. The summed E-state index contributed by atoms with van der Waals surface area (Å²) in [7, 11) is 1.32. The predicted octanol–water partition coefficient (Wildman–Crippen LogP) is 1.53. The highest BCUT2D eigenvalue weighted by molar-refractivity contribution is 5.83. The fourth-order valence-electron chi connectivity index (χ4n) is 1.33. The zero-order chi connectivity index (χ0) is 13.4. The van der Waals surface area contributed by atoms with Crippen molar-refractivity contribution in [3.63, 3.8) is 0 Å². The lowest BCUT2D eigenvalue weighted by molar-refractivity contribution is -0.143. The Hall–Kier alpha value is -1.26. The first-order chi connectivity index (χ1) is 7.86. The molecule has 0 aromatic heterocycles. The Morgan fingerprint density at radius 3 is 2.12 bits per heavy atom. The van der Waals surface area contributed by atoms with Crippen molar-refractivity contribution in [2.24, 2.45) is 11.8 Å². The highest BCUT2D eigenvalue weighted by Gasteiger charge is 2.22. The summed E-state index contributed by atoms with van der Waals surface area (Å²) in [5.41, 5.74) is 0. The normalized spacial score (nSPS) is 12.4. The first-order valence-electron chi connectivity index (χ1n) is 5.99. The number of urea groups is 1. The fraction of sp³-hybridized carbons (Fsp3) is 0.833. The van der Waals surface area contributed by atoms with Crippen LogP contribution in [-0.4, -0.2) is 31.7 Å². The van der Waals surface area contributed by atoms with Crippen molar-refractivity contribution in [1.82, 2.24) is 10.6 Å². The van der Waals surface area contributed by atoms with E-state index < -0.39 is 12.0 Å². The molecule has 0 bridgehead atoms. The van der Waals surface area contributed by atoms with Crippen LogP contribution in [0.2, 0.25) is 0 Å². The van der Waals surface area contributed by atoms with Gasteiger partial charge in [-0.05, 0) is 18.3 Å². The van der Waals surface area contributed by atoms with Gasteiger partial charge in [-0.25, -0.2) is 9.59 Å². The van der Waals surface area contributed by atoms with E-state index in [4.69, 9.17) is 0 Å². The molecule has 0 aliphatic heterocycles. The van der Waals surface area contributed by atoms with Crippen molar-refractivity contribution in [3.8, 4) is 0 Å². The Balaban J connectivity index is 4.22. The maximum Gasteiger partial charge on any atom is 0.328 e. The van der Waals surface area contributed by atoms with Gasteiger partial charge in [0.05, 0.1) is 7.11 Å². The average molecular weight is 244 g/mol. The minimum Gasteiger partial charge on any atom is -0.467 e. The van der Waals surface area contributed by atoms with Gasteiger partial charge >= 0.3 is 12.0 Å². The molecule has 0 rings (SSSR count). The molecular weight excluding hydrogens is 220 g/mol. The van der Waals surface area contributed by atoms with Gasteiger partial charge in [0.2, 0.25) is 0 Å². The summed E-state index contributed by atoms with van der Waals surface area (Å²) >= 11 is 0. The molecule has 0 heterocycles. The van der Waals surface area contributed by atoms with Gasteiger partial charge < -0.3 is 15.4 Å². The van der Waals surface area contributed by atoms with E-state index in [0.717, 1.165) is 0 Å². The molecule has 0 radical (unpaired) electrons. The third-order valence-electron chi connectivity index (χ3n) is 2.17. The van der Waals surface area contributed by atoms with Crippen molar-refractivity contribution in [2.75, 3.05) is 13.7 Å². The molecular formula is C12H24N2O3. The quantitative estimate of drug-likeness (QED) is 0.696. The molecule has 0 saturated heterocycles. The number of amides is 2. The monoisotopic (exact) mass is 244 g/mol. The van der Waals surface area contributed by atoms with E-state index in [1.165, 1.54) is 7.11 Å². The lowest BCUT2D eigenvalue weighted by Crippen LogP contribution is -2.47. The van der Waals surface area contributed by atoms with Crippen molar-refractivity contribution in [2.45, 2.75) is 40.2 Å². The Morgan fingerprint density at radius 2 is 1.71 bits per heavy atom. The van der Waals surface area contributed by atoms with E-state index in [2.05, 4.69) is 15.4 Å².